The van der Waals surface area contributed by atoms with Crippen molar-refractivity contribution in [1.29, 1.82) is 0 Å². The maximum absolute atomic E-state index is 9.00. The minimum Gasteiger partial charge on any atom is -0.396 e. The summed E-state index contributed by atoms with van der Waals surface area (Å²) in [7, 11) is 0. The molecule has 1 aliphatic rings. The lowest BCUT2D eigenvalue weighted by atomic mass is 9.99. The summed E-state index contributed by atoms with van der Waals surface area (Å²) in [6.07, 6.45) is 4.62. The predicted octanol–water partition coefficient (Wildman–Crippen LogP) is 1.05. The highest BCUT2D eigenvalue weighted by atomic mass is 32.2. The van der Waals surface area contributed by atoms with Crippen molar-refractivity contribution >= 4 is 11.8 Å². The molecule has 0 aromatic heterocycles. The molecule has 0 aromatic carbocycles. The minimum atomic E-state index is 0.371. The molecule has 1 fully saturated rings. The van der Waals surface area contributed by atoms with E-state index in [4.69, 9.17) is 5.11 Å². The van der Waals surface area contributed by atoms with Gasteiger partial charge in [-0.25, -0.2) is 0 Å². The summed E-state index contributed by atoms with van der Waals surface area (Å²) >= 11 is 1.90. The summed E-state index contributed by atoms with van der Waals surface area (Å²) in [6.45, 7) is 3.90. The molecular weight excluding hydrogens is 170 g/mol. The Kier molecular flexibility index (Phi) is 5.04. The number of likely N-dealkylation sites (tertiary alicyclic amines) is 1. The summed E-state index contributed by atoms with van der Waals surface area (Å²) in [4.78, 5) is 2.47. The van der Waals surface area contributed by atoms with Crippen molar-refractivity contribution < 1.29 is 5.11 Å². The standard InChI is InChI=1S/C9H19NOS/c1-12-6-5-10-4-2-3-9(7-10)8-11/h9,11H,2-8H2,1H3. The zero-order valence-corrected chi connectivity index (χ0v) is 8.65. The van der Waals surface area contributed by atoms with Crippen molar-refractivity contribution in [1.82, 2.24) is 4.90 Å². The Balaban J connectivity index is 2.16. The van der Waals surface area contributed by atoms with Crippen LogP contribution in [0.5, 0.6) is 0 Å². The van der Waals surface area contributed by atoms with E-state index in [9.17, 15) is 0 Å². The molecule has 0 spiro atoms. The monoisotopic (exact) mass is 189 g/mol. The lowest BCUT2D eigenvalue weighted by Gasteiger charge is -2.31. The van der Waals surface area contributed by atoms with Crippen molar-refractivity contribution in [2.24, 2.45) is 5.92 Å². The molecule has 0 aromatic rings. The van der Waals surface area contributed by atoms with E-state index in [2.05, 4.69) is 11.2 Å². The van der Waals surface area contributed by atoms with Crippen molar-refractivity contribution in [3.8, 4) is 0 Å². The molecule has 0 aliphatic carbocycles. The molecule has 3 heteroatoms. The Morgan fingerprint density at radius 1 is 1.58 bits per heavy atom. The van der Waals surface area contributed by atoms with E-state index < -0.39 is 0 Å². The third-order valence-corrected chi connectivity index (χ3v) is 3.06. The van der Waals surface area contributed by atoms with Crippen LogP contribution >= 0.6 is 11.8 Å². The molecule has 12 heavy (non-hydrogen) atoms. The van der Waals surface area contributed by atoms with Crippen molar-refractivity contribution in [3.63, 3.8) is 0 Å². The largest absolute Gasteiger partial charge is 0.396 e. The van der Waals surface area contributed by atoms with Gasteiger partial charge >= 0.3 is 0 Å². The van der Waals surface area contributed by atoms with Crippen LogP contribution in [0.15, 0.2) is 0 Å². The third kappa shape index (κ3) is 3.33. The van der Waals surface area contributed by atoms with Crippen LogP contribution in [-0.2, 0) is 0 Å². The molecule has 0 radical (unpaired) electrons. The molecule has 1 saturated heterocycles. The second-order valence-electron chi connectivity index (χ2n) is 3.48. The summed E-state index contributed by atoms with van der Waals surface area (Å²) in [5.74, 6) is 1.76. The quantitative estimate of drug-likeness (QED) is 0.715. The molecule has 0 saturated carbocycles. The van der Waals surface area contributed by atoms with Gasteiger partial charge in [0.15, 0.2) is 0 Å². The van der Waals surface area contributed by atoms with Gasteiger partial charge in [0.2, 0.25) is 0 Å². The molecule has 1 N–H and O–H groups in total. The molecule has 0 bridgehead atoms. The van der Waals surface area contributed by atoms with E-state index in [0.29, 0.717) is 12.5 Å². The number of thioether (sulfide) groups is 1. The van der Waals surface area contributed by atoms with Gasteiger partial charge in [0.1, 0.15) is 0 Å². The van der Waals surface area contributed by atoms with E-state index in [1.54, 1.807) is 0 Å². The lowest BCUT2D eigenvalue weighted by Crippen LogP contribution is -2.38. The van der Waals surface area contributed by atoms with Gasteiger partial charge in [-0.2, -0.15) is 11.8 Å². The number of aliphatic hydroxyl groups excluding tert-OH is 1. The molecule has 1 unspecified atom stereocenters. The Morgan fingerprint density at radius 2 is 2.42 bits per heavy atom. The maximum Gasteiger partial charge on any atom is 0.0471 e. The number of rotatable bonds is 4. The summed E-state index contributed by atoms with van der Waals surface area (Å²) in [6, 6.07) is 0. The predicted molar refractivity (Wildman–Crippen MR) is 54.6 cm³/mol. The number of hydrogen-bond acceptors (Lipinski definition) is 3. The molecule has 2 nitrogen and oxygen atoms in total. The highest BCUT2D eigenvalue weighted by Gasteiger charge is 2.17. The Labute approximate surface area is 79.3 Å². The normalized spacial score (nSPS) is 26.0. The topological polar surface area (TPSA) is 23.5 Å². The number of hydrogen-bond donors (Lipinski definition) is 1. The van der Waals surface area contributed by atoms with Gasteiger partial charge in [-0.05, 0) is 31.6 Å². The van der Waals surface area contributed by atoms with Gasteiger partial charge in [0, 0.05) is 25.4 Å². The van der Waals surface area contributed by atoms with Crippen LogP contribution in [-0.4, -0.2) is 48.3 Å². The van der Waals surface area contributed by atoms with Crippen LogP contribution in [0.3, 0.4) is 0 Å². The van der Waals surface area contributed by atoms with E-state index in [1.165, 1.54) is 31.7 Å². The van der Waals surface area contributed by atoms with Crippen molar-refractivity contribution in [2.45, 2.75) is 12.8 Å². The van der Waals surface area contributed by atoms with Crippen LogP contribution in [0.4, 0.5) is 0 Å². The summed E-state index contributed by atoms with van der Waals surface area (Å²) < 4.78 is 0. The molecule has 1 aliphatic heterocycles. The van der Waals surface area contributed by atoms with Gasteiger partial charge in [-0.3, -0.25) is 0 Å². The van der Waals surface area contributed by atoms with Gasteiger partial charge in [-0.1, -0.05) is 0 Å². The average molecular weight is 189 g/mol. The smallest absolute Gasteiger partial charge is 0.0471 e. The van der Waals surface area contributed by atoms with Crippen molar-refractivity contribution in [3.05, 3.63) is 0 Å². The van der Waals surface area contributed by atoms with E-state index in [1.807, 2.05) is 11.8 Å². The van der Waals surface area contributed by atoms with Crippen LogP contribution in [0.2, 0.25) is 0 Å². The van der Waals surface area contributed by atoms with E-state index in [-0.39, 0.29) is 0 Å². The third-order valence-electron chi connectivity index (χ3n) is 2.47. The van der Waals surface area contributed by atoms with Crippen LogP contribution < -0.4 is 0 Å². The first-order valence-electron chi connectivity index (χ1n) is 4.69. The minimum absolute atomic E-state index is 0.371. The Hall–Kier alpha value is 0.270. The molecule has 1 atom stereocenters. The molecular formula is C9H19NOS. The number of piperidine rings is 1. The van der Waals surface area contributed by atoms with E-state index in [0.717, 1.165) is 6.54 Å². The Morgan fingerprint density at radius 3 is 3.08 bits per heavy atom. The zero-order chi connectivity index (χ0) is 8.81. The maximum atomic E-state index is 9.00. The first kappa shape index (κ1) is 10.4. The second kappa shape index (κ2) is 5.84. The fourth-order valence-corrected chi connectivity index (χ4v) is 2.16. The SMILES string of the molecule is CSCCN1CCCC(CO)C1. The Bertz CT molecular complexity index is 121. The van der Waals surface area contributed by atoms with Crippen LogP contribution in [0, 0.1) is 5.92 Å². The molecule has 1 rings (SSSR count). The first-order valence-corrected chi connectivity index (χ1v) is 6.08. The van der Waals surface area contributed by atoms with Crippen LogP contribution in [0.1, 0.15) is 12.8 Å². The fourth-order valence-electron chi connectivity index (χ4n) is 1.72. The van der Waals surface area contributed by atoms with Crippen LogP contribution in [0.25, 0.3) is 0 Å². The molecule has 0 amide bonds. The van der Waals surface area contributed by atoms with Crippen molar-refractivity contribution in [2.75, 3.05) is 38.2 Å². The summed E-state index contributed by atoms with van der Waals surface area (Å²) in [5.41, 5.74) is 0. The molecule has 72 valence electrons. The zero-order valence-electron chi connectivity index (χ0n) is 7.83. The van der Waals surface area contributed by atoms with E-state index >= 15 is 0 Å². The average Bonchev–Trinajstić information content (AvgIpc) is 2.15. The highest BCUT2D eigenvalue weighted by molar-refractivity contribution is 7.98. The highest BCUT2D eigenvalue weighted by Crippen LogP contribution is 2.15. The number of aliphatic hydroxyl groups is 1. The number of nitrogens with zero attached hydrogens (tertiary/aromatic N) is 1. The molecule has 1 heterocycles. The second-order valence-corrected chi connectivity index (χ2v) is 4.47. The van der Waals surface area contributed by atoms with Gasteiger partial charge in [0.05, 0.1) is 0 Å². The van der Waals surface area contributed by atoms with Gasteiger partial charge in [0.25, 0.3) is 0 Å². The summed E-state index contributed by atoms with van der Waals surface area (Å²) in [5, 5.41) is 9.00. The van der Waals surface area contributed by atoms with Gasteiger partial charge in [-0.15, -0.1) is 0 Å². The fraction of sp³-hybridized carbons (Fsp3) is 1.00. The van der Waals surface area contributed by atoms with Gasteiger partial charge < -0.3 is 10.0 Å². The lowest BCUT2D eigenvalue weighted by molar-refractivity contribution is 0.125. The first-order chi connectivity index (χ1) is 5.86.